The lowest BCUT2D eigenvalue weighted by molar-refractivity contribution is 0.451. The summed E-state index contributed by atoms with van der Waals surface area (Å²) >= 11 is 0. The van der Waals surface area contributed by atoms with Crippen molar-refractivity contribution in [2.45, 2.75) is 63.2 Å². The molecular formula is C47H45NO. The van der Waals surface area contributed by atoms with E-state index in [0.717, 1.165) is 44.6 Å². The van der Waals surface area contributed by atoms with Crippen molar-refractivity contribution in [1.29, 1.82) is 0 Å². The quantitative estimate of drug-likeness (QED) is 0.124. The highest BCUT2D eigenvalue weighted by atomic mass is 16.3. The first kappa shape index (κ1) is 32.3. The van der Waals surface area contributed by atoms with E-state index in [2.05, 4.69) is 166 Å². The van der Waals surface area contributed by atoms with Crippen LogP contribution >= 0.6 is 0 Å². The molecule has 2 nitrogen and oxygen atoms in total. The SMILES string of the molecule is Cc1cccc(C2CCCC2)c1N=Cc1cc(C(c2ccccc2)(c2ccccc2)c2ccccc2)cc(C(C)(C)c2ccccc2)c1O. The number of aromatic hydroxyl groups is 1. The van der Waals surface area contributed by atoms with Crippen LogP contribution in [0.2, 0.25) is 0 Å². The van der Waals surface area contributed by atoms with Crippen molar-refractivity contribution in [3.63, 3.8) is 0 Å². The van der Waals surface area contributed by atoms with Gasteiger partial charge in [0.25, 0.3) is 0 Å². The molecule has 1 aliphatic carbocycles. The van der Waals surface area contributed by atoms with Gasteiger partial charge >= 0.3 is 0 Å². The maximum atomic E-state index is 12.3. The highest BCUT2D eigenvalue weighted by Gasteiger charge is 2.40. The topological polar surface area (TPSA) is 32.6 Å². The van der Waals surface area contributed by atoms with Gasteiger partial charge in [-0.25, -0.2) is 0 Å². The van der Waals surface area contributed by atoms with Gasteiger partial charge in [0.05, 0.1) is 11.1 Å². The number of phenolic OH excluding ortho intramolecular Hbond substituents is 1. The van der Waals surface area contributed by atoms with Gasteiger partial charge in [0.15, 0.2) is 0 Å². The van der Waals surface area contributed by atoms with Crippen molar-refractivity contribution in [2.24, 2.45) is 4.99 Å². The molecular weight excluding hydrogens is 595 g/mol. The first-order valence-electron chi connectivity index (χ1n) is 17.6. The summed E-state index contributed by atoms with van der Waals surface area (Å²) in [7, 11) is 0. The third-order valence-corrected chi connectivity index (χ3v) is 10.8. The second-order valence-electron chi connectivity index (χ2n) is 14.1. The molecule has 1 N–H and O–H groups in total. The van der Waals surface area contributed by atoms with Crippen LogP contribution in [0.4, 0.5) is 5.69 Å². The van der Waals surface area contributed by atoms with E-state index in [0.29, 0.717) is 11.5 Å². The van der Waals surface area contributed by atoms with Crippen LogP contribution < -0.4 is 0 Å². The van der Waals surface area contributed by atoms with E-state index in [1.165, 1.54) is 31.2 Å². The van der Waals surface area contributed by atoms with Crippen molar-refractivity contribution in [2.75, 3.05) is 0 Å². The maximum Gasteiger partial charge on any atom is 0.128 e. The van der Waals surface area contributed by atoms with E-state index in [4.69, 9.17) is 4.99 Å². The molecule has 0 saturated heterocycles. The Kier molecular flexibility index (Phi) is 9.06. The third kappa shape index (κ3) is 6.02. The average Bonchev–Trinajstić information content (AvgIpc) is 3.69. The minimum absolute atomic E-state index is 0.264. The van der Waals surface area contributed by atoms with Gasteiger partial charge in [-0.05, 0) is 76.8 Å². The zero-order valence-corrected chi connectivity index (χ0v) is 28.8. The summed E-state index contributed by atoms with van der Waals surface area (Å²) < 4.78 is 0. The molecule has 0 heterocycles. The molecule has 0 atom stereocenters. The maximum absolute atomic E-state index is 12.3. The molecule has 1 aliphatic rings. The van der Waals surface area contributed by atoms with Crippen molar-refractivity contribution in [3.05, 3.63) is 202 Å². The standard InChI is InChI=1S/C47H45NO/c1-34-19-18-30-42(35-20-16-17-21-35)44(34)48-33-36-31-41(32-43(45(36)49)46(2,3)37-22-8-4-9-23-37)47(38-24-10-5-11-25-38,39-26-12-6-13-27-39)40-28-14-7-15-29-40/h4-15,18-19,22-33,35,49H,16-17,20-21H2,1-3H3. The molecule has 6 aromatic rings. The summed E-state index contributed by atoms with van der Waals surface area (Å²) in [5.41, 5.74) is 9.61. The summed E-state index contributed by atoms with van der Waals surface area (Å²) in [6, 6.07) is 53.8. The van der Waals surface area contributed by atoms with Gasteiger partial charge in [0.2, 0.25) is 0 Å². The Hall–Kier alpha value is -5.21. The van der Waals surface area contributed by atoms with Crippen LogP contribution in [0.5, 0.6) is 5.75 Å². The van der Waals surface area contributed by atoms with Gasteiger partial charge in [-0.2, -0.15) is 0 Å². The molecule has 244 valence electrons. The summed E-state index contributed by atoms with van der Waals surface area (Å²) in [6.07, 6.45) is 6.85. The molecule has 6 aromatic carbocycles. The van der Waals surface area contributed by atoms with E-state index in [1.54, 1.807) is 0 Å². The average molecular weight is 640 g/mol. The molecule has 7 rings (SSSR count). The largest absolute Gasteiger partial charge is 0.507 e. The van der Waals surface area contributed by atoms with Crippen molar-refractivity contribution in [1.82, 2.24) is 0 Å². The second-order valence-corrected chi connectivity index (χ2v) is 14.1. The van der Waals surface area contributed by atoms with Crippen molar-refractivity contribution < 1.29 is 5.11 Å². The Balaban J connectivity index is 1.54. The third-order valence-electron chi connectivity index (χ3n) is 10.8. The lowest BCUT2D eigenvalue weighted by Crippen LogP contribution is -2.32. The van der Waals surface area contributed by atoms with E-state index in [1.807, 2.05) is 12.3 Å². The highest BCUT2D eigenvalue weighted by molar-refractivity contribution is 5.88. The lowest BCUT2D eigenvalue weighted by atomic mass is 9.63. The molecule has 0 unspecified atom stereocenters. The summed E-state index contributed by atoms with van der Waals surface area (Å²) in [5, 5.41) is 12.3. The predicted octanol–water partition coefficient (Wildman–Crippen LogP) is 11.8. The highest BCUT2D eigenvalue weighted by Crippen LogP contribution is 2.49. The zero-order valence-electron chi connectivity index (χ0n) is 28.8. The second kappa shape index (κ2) is 13.7. The molecule has 0 radical (unpaired) electrons. The Bertz CT molecular complexity index is 1940. The first-order valence-corrected chi connectivity index (χ1v) is 17.6. The van der Waals surface area contributed by atoms with E-state index < -0.39 is 10.8 Å². The number of rotatable bonds is 9. The fraction of sp³-hybridized carbons (Fsp3) is 0.213. The molecule has 0 spiro atoms. The number of nitrogens with zero attached hydrogens (tertiary/aromatic N) is 1. The van der Waals surface area contributed by atoms with Gasteiger partial charge in [-0.15, -0.1) is 0 Å². The molecule has 2 heteroatoms. The normalized spacial score (nSPS) is 14.0. The lowest BCUT2D eigenvalue weighted by Gasteiger charge is -2.38. The fourth-order valence-corrected chi connectivity index (χ4v) is 8.08. The fourth-order valence-electron chi connectivity index (χ4n) is 8.08. The molecule has 49 heavy (non-hydrogen) atoms. The Morgan fingerprint density at radius 1 is 0.592 bits per heavy atom. The molecule has 1 saturated carbocycles. The van der Waals surface area contributed by atoms with E-state index in [-0.39, 0.29) is 5.75 Å². The van der Waals surface area contributed by atoms with Crippen LogP contribution in [0.1, 0.15) is 95.5 Å². The summed E-state index contributed by atoms with van der Waals surface area (Å²) in [4.78, 5) is 5.23. The number of phenols is 1. The number of para-hydroxylation sites is 1. The number of hydrogen-bond acceptors (Lipinski definition) is 2. The monoisotopic (exact) mass is 639 g/mol. The smallest absolute Gasteiger partial charge is 0.128 e. The van der Waals surface area contributed by atoms with Crippen LogP contribution in [0, 0.1) is 6.92 Å². The number of aryl methyl sites for hydroxylation is 1. The number of benzene rings is 6. The summed E-state index contributed by atoms with van der Waals surface area (Å²) in [5.74, 6) is 0.793. The molecule has 0 amide bonds. The van der Waals surface area contributed by atoms with Crippen molar-refractivity contribution in [3.8, 4) is 5.75 Å². The van der Waals surface area contributed by atoms with Crippen LogP contribution in [-0.2, 0) is 10.8 Å². The van der Waals surface area contributed by atoms with Crippen LogP contribution in [-0.4, -0.2) is 11.3 Å². The summed E-state index contributed by atoms with van der Waals surface area (Å²) in [6.45, 7) is 6.56. The van der Waals surface area contributed by atoms with E-state index in [9.17, 15) is 5.11 Å². The first-order chi connectivity index (χ1) is 23.9. The Morgan fingerprint density at radius 2 is 1.08 bits per heavy atom. The van der Waals surface area contributed by atoms with Gasteiger partial charge in [-0.1, -0.05) is 166 Å². The molecule has 0 aromatic heterocycles. The minimum Gasteiger partial charge on any atom is -0.507 e. The zero-order chi connectivity index (χ0) is 33.8. The Labute approximate surface area is 291 Å². The van der Waals surface area contributed by atoms with E-state index >= 15 is 0 Å². The minimum atomic E-state index is -0.667. The number of hydrogen-bond donors (Lipinski definition) is 1. The Morgan fingerprint density at radius 3 is 1.59 bits per heavy atom. The molecule has 1 fully saturated rings. The van der Waals surface area contributed by atoms with Crippen LogP contribution in [0.15, 0.2) is 157 Å². The predicted molar refractivity (Wildman–Crippen MR) is 205 cm³/mol. The van der Waals surface area contributed by atoms with Crippen molar-refractivity contribution >= 4 is 11.9 Å². The van der Waals surface area contributed by atoms with Crippen LogP contribution in [0.3, 0.4) is 0 Å². The van der Waals surface area contributed by atoms with Gasteiger partial charge < -0.3 is 5.11 Å². The van der Waals surface area contributed by atoms with Gasteiger partial charge in [0, 0.05) is 22.8 Å². The molecule has 0 aliphatic heterocycles. The van der Waals surface area contributed by atoms with Gasteiger partial charge in [-0.3, -0.25) is 4.99 Å². The van der Waals surface area contributed by atoms with Gasteiger partial charge in [0.1, 0.15) is 5.75 Å². The van der Waals surface area contributed by atoms with Crippen LogP contribution in [0.25, 0.3) is 0 Å². The number of aliphatic imine (C=N–C) groups is 1. The molecule has 0 bridgehead atoms.